The molecule has 1 heterocycles. The van der Waals surface area contributed by atoms with Crippen LogP contribution in [0.3, 0.4) is 0 Å². The Morgan fingerprint density at radius 2 is 1.92 bits per heavy atom. The van der Waals surface area contributed by atoms with Crippen LogP contribution in [-0.4, -0.2) is 35.1 Å². The van der Waals surface area contributed by atoms with Gasteiger partial charge < -0.3 is 14.8 Å². The summed E-state index contributed by atoms with van der Waals surface area (Å²) in [5.74, 6) is 0.788. The molecule has 1 aromatic heterocycles. The summed E-state index contributed by atoms with van der Waals surface area (Å²) >= 11 is 0. The van der Waals surface area contributed by atoms with Gasteiger partial charge in [-0.25, -0.2) is 4.68 Å². The van der Waals surface area contributed by atoms with Gasteiger partial charge in [-0.05, 0) is 17.7 Å². The summed E-state index contributed by atoms with van der Waals surface area (Å²) in [5.41, 5.74) is 1.84. The predicted octanol–water partition coefficient (Wildman–Crippen LogP) is 2.60. The molecule has 0 atom stereocenters. The van der Waals surface area contributed by atoms with Crippen molar-refractivity contribution in [1.29, 1.82) is 0 Å². The lowest BCUT2D eigenvalue weighted by atomic mass is 10.2. The highest BCUT2D eigenvalue weighted by Gasteiger charge is 2.14. The van der Waals surface area contributed by atoms with Crippen molar-refractivity contribution in [3.8, 4) is 11.5 Å². The molecule has 0 saturated heterocycles. The first-order valence-corrected chi connectivity index (χ1v) is 7.67. The second kappa shape index (κ2) is 7.48. The first-order valence-electron chi connectivity index (χ1n) is 7.67. The summed E-state index contributed by atoms with van der Waals surface area (Å²) in [6, 6.07) is 15.0. The molecule has 0 radical (unpaired) electrons. The number of hydrogen-bond donors (Lipinski definition) is 1. The quantitative estimate of drug-likeness (QED) is 0.747. The number of nitrogens with zero attached hydrogens (tertiary/aromatic N) is 3. The monoisotopic (exact) mass is 338 g/mol. The average molecular weight is 338 g/mol. The van der Waals surface area contributed by atoms with Gasteiger partial charge >= 0.3 is 0 Å². The molecule has 0 fully saturated rings. The predicted molar refractivity (Wildman–Crippen MR) is 93.1 cm³/mol. The highest BCUT2D eigenvalue weighted by molar-refractivity contribution is 6.03. The van der Waals surface area contributed by atoms with Gasteiger partial charge in [-0.2, -0.15) is 0 Å². The molecular formula is C18H18N4O3. The van der Waals surface area contributed by atoms with Gasteiger partial charge in [0, 0.05) is 6.07 Å². The minimum atomic E-state index is -0.359. The summed E-state index contributed by atoms with van der Waals surface area (Å²) < 4.78 is 12.0. The topological polar surface area (TPSA) is 78.3 Å². The Morgan fingerprint density at radius 3 is 2.64 bits per heavy atom. The first kappa shape index (κ1) is 16.5. The molecule has 0 aliphatic rings. The fourth-order valence-corrected chi connectivity index (χ4v) is 2.34. The van der Waals surface area contributed by atoms with Crippen molar-refractivity contribution in [2.45, 2.75) is 6.54 Å². The van der Waals surface area contributed by atoms with E-state index in [0.717, 1.165) is 5.56 Å². The van der Waals surface area contributed by atoms with Crippen LogP contribution in [0.15, 0.2) is 54.7 Å². The van der Waals surface area contributed by atoms with Gasteiger partial charge in [-0.15, -0.1) is 5.10 Å². The van der Waals surface area contributed by atoms with Crippen molar-refractivity contribution >= 4 is 11.6 Å². The van der Waals surface area contributed by atoms with Gasteiger partial charge in [0.15, 0.2) is 5.69 Å². The van der Waals surface area contributed by atoms with Crippen molar-refractivity contribution in [3.63, 3.8) is 0 Å². The van der Waals surface area contributed by atoms with E-state index in [1.165, 1.54) is 7.11 Å². The van der Waals surface area contributed by atoms with Gasteiger partial charge in [0.25, 0.3) is 5.91 Å². The second-order valence-electron chi connectivity index (χ2n) is 5.31. The average Bonchev–Trinajstić information content (AvgIpc) is 3.11. The highest BCUT2D eigenvalue weighted by atomic mass is 16.5. The summed E-state index contributed by atoms with van der Waals surface area (Å²) in [5, 5.41) is 10.7. The van der Waals surface area contributed by atoms with Crippen LogP contribution in [-0.2, 0) is 6.54 Å². The lowest BCUT2D eigenvalue weighted by Gasteiger charge is -2.10. The molecule has 3 aromatic rings. The fraction of sp³-hybridized carbons (Fsp3) is 0.167. The zero-order chi connectivity index (χ0) is 17.6. The molecular weight excluding hydrogens is 320 g/mol. The van der Waals surface area contributed by atoms with Gasteiger partial charge in [0.1, 0.15) is 11.5 Å². The molecule has 0 bridgehead atoms. The molecule has 3 rings (SSSR count). The van der Waals surface area contributed by atoms with Crippen molar-refractivity contribution in [3.05, 3.63) is 66.0 Å². The molecule has 25 heavy (non-hydrogen) atoms. The zero-order valence-corrected chi connectivity index (χ0v) is 14.0. The van der Waals surface area contributed by atoms with E-state index in [-0.39, 0.29) is 11.6 Å². The Labute approximate surface area is 145 Å². The molecule has 0 unspecified atom stereocenters. The van der Waals surface area contributed by atoms with Crippen LogP contribution < -0.4 is 14.8 Å². The van der Waals surface area contributed by atoms with Crippen LogP contribution in [0, 0.1) is 0 Å². The highest BCUT2D eigenvalue weighted by Crippen LogP contribution is 2.29. The molecule has 1 N–H and O–H groups in total. The SMILES string of the molecule is COc1ccc(NC(=O)c2cn(Cc3ccccc3)nn2)c(OC)c1. The van der Waals surface area contributed by atoms with E-state index in [4.69, 9.17) is 9.47 Å². The first-order chi connectivity index (χ1) is 12.2. The van der Waals surface area contributed by atoms with Crippen molar-refractivity contribution in [2.24, 2.45) is 0 Å². The Bertz CT molecular complexity index is 862. The Kier molecular flexibility index (Phi) is 4.94. The number of carbonyl (C=O) groups is 1. The number of amides is 1. The number of carbonyl (C=O) groups excluding carboxylic acids is 1. The third-order valence-electron chi connectivity index (χ3n) is 3.62. The standard InChI is InChI=1S/C18H18N4O3/c1-24-14-8-9-15(17(10-14)25-2)19-18(23)16-12-22(21-20-16)11-13-6-4-3-5-7-13/h3-10,12H,11H2,1-2H3,(H,19,23). The van der Waals surface area contributed by atoms with E-state index in [1.54, 1.807) is 36.2 Å². The van der Waals surface area contributed by atoms with E-state index < -0.39 is 0 Å². The van der Waals surface area contributed by atoms with Gasteiger partial charge in [-0.3, -0.25) is 4.79 Å². The number of anilines is 1. The molecule has 2 aromatic carbocycles. The molecule has 0 aliphatic heterocycles. The molecule has 0 aliphatic carbocycles. The summed E-state index contributed by atoms with van der Waals surface area (Å²) in [6.07, 6.45) is 1.61. The Hall–Kier alpha value is -3.35. The number of ether oxygens (including phenoxy) is 2. The minimum Gasteiger partial charge on any atom is -0.497 e. The number of hydrogen-bond acceptors (Lipinski definition) is 5. The van der Waals surface area contributed by atoms with E-state index in [9.17, 15) is 4.79 Å². The van der Waals surface area contributed by atoms with Crippen LogP contribution in [0.1, 0.15) is 16.1 Å². The van der Waals surface area contributed by atoms with E-state index >= 15 is 0 Å². The maximum atomic E-state index is 12.4. The van der Waals surface area contributed by atoms with Crippen LogP contribution in [0.5, 0.6) is 11.5 Å². The van der Waals surface area contributed by atoms with Crippen molar-refractivity contribution in [2.75, 3.05) is 19.5 Å². The lowest BCUT2D eigenvalue weighted by Crippen LogP contribution is -2.13. The van der Waals surface area contributed by atoms with Gasteiger partial charge in [0.05, 0.1) is 32.6 Å². The maximum absolute atomic E-state index is 12.4. The third kappa shape index (κ3) is 3.95. The molecule has 0 saturated carbocycles. The van der Waals surface area contributed by atoms with Crippen molar-refractivity contribution < 1.29 is 14.3 Å². The number of methoxy groups -OCH3 is 2. The van der Waals surface area contributed by atoms with Crippen molar-refractivity contribution in [1.82, 2.24) is 15.0 Å². The largest absolute Gasteiger partial charge is 0.497 e. The lowest BCUT2D eigenvalue weighted by molar-refractivity contribution is 0.102. The third-order valence-corrected chi connectivity index (χ3v) is 3.62. The molecule has 7 heteroatoms. The normalized spacial score (nSPS) is 10.3. The number of rotatable bonds is 6. The smallest absolute Gasteiger partial charge is 0.277 e. The van der Waals surface area contributed by atoms with Crippen LogP contribution in [0.4, 0.5) is 5.69 Å². The van der Waals surface area contributed by atoms with E-state index in [2.05, 4.69) is 15.6 Å². The van der Waals surface area contributed by atoms with E-state index in [1.807, 2.05) is 30.3 Å². The second-order valence-corrected chi connectivity index (χ2v) is 5.31. The van der Waals surface area contributed by atoms with Gasteiger partial charge in [0.2, 0.25) is 0 Å². The Morgan fingerprint density at radius 1 is 1.12 bits per heavy atom. The van der Waals surface area contributed by atoms with Crippen LogP contribution >= 0.6 is 0 Å². The number of aromatic nitrogens is 3. The van der Waals surface area contributed by atoms with Crippen LogP contribution in [0.2, 0.25) is 0 Å². The summed E-state index contributed by atoms with van der Waals surface area (Å²) in [4.78, 5) is 12.4. The molecule has 0 spiro atoms. The maximum Gasteiger partial charge on any atom is 0.277 e. The van der Waals surface area contributed by atoms with E-state index in [0.29, 0.717) is 23.7 Å². The molecule has 128 valence electrons. The number of benzene rings is 2. The minimum absolute atomic E-state index is 0.230. The molecule has 1 amide bonds. The fourth-order valence-electron chi connectivity index (χ4n) is 2.34. The summed E-state index contributed by atoms with van der Waals surface area (Å²) in [6.45, 7) is 0.549. The molecule has 7 nitrogen and oxygen atoms in total. The van der Waals surface area contributed by atoms with Gasteiger partial charge in [-0.1, -0.05) is 35.5 Å². The Balaban J connectivity index is 1.72. The van der Waals surface area contributed by atoms with Crippen LogP contribution in [0.25, 0.3) is 0 Å². The zero-order valence-electron chi connectivity index (χ0n) is 14.0. The number of nitrogens with one attached hydrogen (secondary N) is 1. The summed E-state index contributed by atoms with van der Waals surface area (Å²) in [7, 11) is 3.10.